The van der Waals surface area contributed by atoms with E-state index in [-0.39, 0.29) is 11.4 Å². The summed E-state index contributed by atoms with van der Waals surface area (Å²) in [6.45, 7) is 0. The maximum absolute atomic E-state index is 13.2. The number of aromatic nitrogens is 2. The number of alkyl halides is 3. The van der Waals surface area contributed by atoms with Gasteiger partial charge in [-0.15, -0.1) is 0 Å². The highest BCUT2D eigenvalue weighted by Crippen LogP contribution is 2.37. The van der Waals surface area contributed by atoms with Crippen LogP contribution in [0, 0.1) is 0 Å². The minimum absolute atomic E-state index is 0.109. The van der Waals surface area contributed by atoms with Gasteiger partial charge >= 0.3 is 11.9 Å². The van der Waals surface area contributed by atoms with Crippen molar-refractivity contribution in [1.29, 1.82) is 0 Å². The van der Waals surface area contributed by atoms with E-state index < -0.39 is 32.4 Å². The third-order valence-corrected chi connectivity index (χ3v) is 5.69. The van der Waals surface area contributed by atoms with E-state index in [0.717, 1.165) is 19.2 Å². The Morgan fingerprint density at radius 2 is 1.64 bits per heavy atom. The van der Waals surface area contributed by atoms with Crippen molar-refractivity contribution in [2.24, 2.45) is 14.1 Å². The summed E-state index contributed by atoms with van der Waals surface area (Å²) in [4.78, 5) is 11.4. The van der Waals surface area contributed by atoms with Crippen LogP contribution in [0.15, 0.2) is 46.1 Å². The lowest BCUT2D eigenvalue weighted by atomic mass is 10.2. The first-order valence-electron chi connectivity index (χ1n) is 7.89. The van der Waals surface area contributed by atoms with Crippen LogP contribution < -0.4 is 15.1 Å². The molecule has 1 aromatic heterocycles. The number of halogens is 3. The second-order valence-electron chi connectivity index (χ2n) is 6.07. The van der Waals surface area contributed by atoms with Crippen molar-refractivity contribution in [2.45, 2.75) is 11.1 Å². The van der Waals surface area contributed by atoms with Gasteiger partial charge in [0.15, 0.2) is 0 Å². The van der Waals surface area contributed by atoms with Crippen LogP contribution in [0.3, 0.4) is 0 Å². The average Bonchev–Trinajstić information content (AvgIpc) is 2.84. The molecule has 11 heteroatoms. The Balaban J connectivity index is 2.04. The summed E-state index contributed by atoms with van der Waals surface area (Å²) in [6, 6.07) is 6.88. The molecule has 0 radical (unpaired) electrons. The van der Waals surface area contributed by atoms with Crippen LogP contribution >= 0.6 is 0 Å². The average molecular weight is 415 g/mol. The maximum Gasteiger partial charge on any atom is 0.420 e. The molecule has 150 valence electrons. The molecule has 0 aliphatic rings. The van der Waals surface area contributed by atoms with Crippen molar-refractivity contribution in [3.63, 3.8) is 0 Å². The molecule has 0 bridgehead atoms. The smallest absolute Gasteiger partial charge is 0.420 e. The Morgan fingerprint density at radius 3 is 2.25 bits per heavy atom. The highest BCUT2D eigenvalue weighted by Gasteiger charge is 2.35. The first kappa shape index (κ1) is 19.8. The molecule has 0 aliphatic carbocycles. The van der Waals surface area contributed by atoms with Crippen molar-refractivity contribution in [2.75, 3.05) is 11.8 Å². The molecule has 0 spiro atoms. The van der Waals surface area contributed by atoms with Crippen LogP contribution in [0.1, 0.15) is 5.56 Å². The van der Waals surface area contributed by atoms with E-state index in [1.807, 2.05) is 0 Å². The standard InChI is InChI=1S/C17H16F3N3O4S/c1-22-13-6-4-10(8-14(13)23(2)16(22)24)21-28(25,26)11-5-7-15(27-3)12(9-11)17(18,19)20/h4-9,21H,1-3H3. The summed E-state index contributed by atoms with van der Waals surface area (Å²) in [5.41, 5.74) is -0.325. The van der Waals surface area contributed by atoms with Crippen molar-refractivity contribution in [1.82, 2.24) is 9.13 Å². The molecule has 28 heavy (non-hydrogen) atoms. The lowest BCUT2D eigenvalue weighted by Crippen LogP contribution is -2.19. The third-order valence-electron chi connectivity index (χ3n) is 4.31. The number of rotatable bonds is 4. The highest BCUT2D eigenvalue weighted by molar-refractivity contribution is 7.92. The summed E-state index contributed by atoms with van der Waals surface area (Å²) in [5, 5.41) is 0. The summed E-state index contributed by atoms with van der Waals surface area (Å²) < 4.78 is 74.3. The van der Waals surface area contributed by atoms with Gasteiger partial charge in [0.25, 0.3) is 10.0 Å². The normalized spacial score (nSPS) is 12.4. The number of fused-ring (bicyclic) bond motifs is 1. The summed E-state index contributed by atoms with van der Waals surface area (Å²) in [6.07, 6.45) is -4.78. The topological polar surface area (TPSA) is 82.3 Å². The first-order valence-corrected chi connectivity index (χ1v) is 9.37. The van der Waals surface area contributed by atoms with Gasteiger partial charge in [0.1, 0.15) is 5.75 Å². The zero-order valence-electron chi connectivity index (χ0n) is 15.0. The van der Waals surface area contributed by atoms with Crippen molar-refractivity contribution in [3.05, 3.63) is 52.4 Å². The second-order valence-corrected chi connectivity index (χ2v) is 7.75. The lowest BCUT2D eigenvalue weighted by Gasteiger charge is -2.14. The van der Waals surface area contributed by atoms with Gasteiger partial charge in [0, 0.05) is 14.1 Å². The number of sulfonamides is 1. The number of ether oxygens (including phenoxy) is 1. The molecule has 2 aromatic carbocycles. The van der Waals surface area contributed by atoms with Crippen LogP contribution in [0.2, 0.25) is 0 Å². The van der Waals surface area contributed by atoms with Gasteiger partial charge < -0.3 is 4.74 Å². The molecular formula is C17H16F3N3O4S. The van der Waals surface area contributed by atoms with E-state index in [1.165, 1.54) is 28.3 Å². The van der Waals surface area contributed by atoms with Gasteiger partial charge in [-0.1, -0.05) is 0 Å². The number of anilines is 1. The number of nitrogens with one attached hydrogen (secondary N) is 1. The Kier molecular flexibility index (Phi) is 4.66. The van der Waals surface area contributed by atoms with Gasteiger partial charge in [0.05, 0.1) is 34.3 Å². The number of hydrogen-bond donors (Lipinski definition) is 1. The summed E-state index contributed by atoms with van der Waals surface area (Å²) in [5.74, 6) is -0.479. The summed E-state index contributed by atoms with van der Waals surface area (Å²) in [7, 11) is -0.136. The Labute approximate surface area is 158 Å². The van der Waals surface area contributed by atoms with Crippen molar-refractivity contribution < 1.29 is 26.3 Å². The fraction of sp³-hybridized carbons (Fsp3) is 0.235. The Bertz CT molecular complexity index is 1230. The van der Waals surface area contributed by atoms with E-state index >= 15 is 0 Å². The predicted molar refractivity (Wildman–Crippen MR) is 97.0 cm³/mol. The minimum atomic E-state index is -4.78. The molecule has 3 aromatic rings. The van der Waals surface area contributed by atoms with Crippen molar-refractivity contribution in [3.8, 4) is 5.75 Å². The van der Waals surface area contributed by atoms with Gasteiger partial charge in [0.2, 0.25) is 0 Å². The molecule has 0 aliphatic heterocycles. The molecule has 1 heterocycles. The Hall–Kier alpha value is -2.95. The SMILES string of the molecule is COc1ccc(S(=O)(=O)Nc2ccc3c(c2)n(C)c(=O)n3C)cc1C(F)(F)F. The van der Waals surface area contributed by atoms with Gasteiger partial charge in [-0.05, 0) is 36.4 Å². The van der Waals surface area contributed by atoms with Crippen LogP contribution in [-0.4, -0.2) is 24.7 Å². The molecule has 0 saturated heterocycles. The van der Waals surface area contributed by atoms with Crippen LogP contribution in [0.25, 0.3) is 11.0 Å². The molecule has 0 unspecified atom stereocenters. The Morgan fingerprint density at radius 1 is 1.00 bits per heavy atom. The van der Waals surface area contributed by atoms with E-state index in [0.29, 0.717) is 17.1 Å². The largest absolute Gasteiger partial charge is 0.496 e. The van der Waals surface area contributed by atoms with Crippen LogP contribution in [0.5, 0.6) is 5.75 Å². The maximum atomic E-state index is 13.2. The number of hydrogen-bond acceptors (Lipinski definition) is 4. The number of aryl methyl sites for hydroxylation is 2. The number of imidazole rings is 1. The van der Waals surface area contributed by atoms with Crippen LogP contribution in [-0.2, 0) is 30.3 Å². The highest BCUT2D eigenvalue weighted by atomic mass is 32.2. The molecule has 3 rings (SSSR count). The van der Waals surface area contributed by atoms with E-state index in [1.54, 1.807) is 13.1 Å². The lowest BCUT2D eigenvalue weighted by molar-refractivity contribution is -0.138. The zero-order valence-corrected chi connectivity index (χ0v) is 15.9. The molecular weight excluding hydrogens is 399 g/mol. The number of nitrogens with zero attached hydrogens (tertiary/aromatic N) is 2. The molecule has 0 amide bonds. The molecule has 7 nitrogen and oxygen atoms in total. The van der Waals surface area contributed by atoms with E-state index in [2.05, 4.69) is 9.46 Å². The van der Waals surface area contributed by atoms with Gasteiger partial charge in [-0.2, -0.15) is 13.2 Å². The predicted octanol–water partition coefficient (Wildman–Crippen LogP) is 2.71. The van der Waals surface area contributed by atoms with Crippen LogP contribution in [0.4, 0.5) is 18.9 Å². The number of benzene rings is 2. The molecule has 0 saturated carbocycles. The number of methoxy groups -OCH3 is 1. The molecule has 0 atom stereocenters. The van der Waals surface area contributed by atoms with E-state index in [4.69, 9.17) is 0 Å². The third kappa shape index (κ3) is 3.33. The van der Waals surface area contributed by atoms with Crippen molar-refractivity contribution >= 4 is 26.7 Å². The zero-order chi connectivity index (χ0) is 20.9. The van der Waals surface area contributed by atoms with E-state index in [9.17, 15) is 26.4 Å². The van der Waals surface area contributed by atoms with Gasteiger partial charge in [-0.3, -0.25) is 13.9 Å². The molecule has 0 fully saturated rings. The monoisotopic (exact) mass is 415 g/mol. The molecule has 1 N–H and O–H groups in total. The fourth-order valence-electron chi connectivity index (χ4n) is 2.86. The first-order chi connectivity index (χ1) is 13.0. The quantitative estimate of drug-likeness (QED) is 0.710. The second kappa shape index (κ2) is 6.59. The summed E-state index contributed by atoms with van der Waals surface area (Å²) >= 11 is 0. The van der Waals surface area contributed by atoms with Gasteiger partial charge in [-0.25, -0.2) is 13.2 Å². The minimum Gasteiger partial charge on any atom is -0.496 e. The fourth-order valence-corrected chi connectivity index (χ4v) is 3.94.